The Kier molecular flexibility index (Phi) is 7.28. The van der Waals surface area contributed by atoms with Crippen LogP contribution in [0.5, 0.6) is 0 Å². The summed E-state index contributed by atoms with van der Waals surface area (Å²) in [5.74, 6) is -0.635. The second kappa shape index (κ2) is 10.2. The summed E-state index contributed by atoms with van der Waals surface area (Å²) >= 11 is 0. The Morgan fingerprint density at radius 2 is 1.77 bits per heavy atom. The highest BCUT2D eigenvalue weighted by atomic mass is 31.0. The molecule has 0 fully saturated rings. The maximum absolute atomic E-state index is 12.9. The van der Waals surface area contributed by atoms with E-state index in [1.54, 1.807) is 0 Å². The largest absolute Gasteiger partial charge is 0.465 e. The van der Waals surface area contributed by atoms with E-state index < -0.39 is 5.60 Å². The van der Waals surface area contributed by atoms with Gasteiger partial charge in [0.1, 0.15) is 5.60 Å². The van der Waals surface area contributed by atoms with Gasteiger partial charge in [0.05, 0.1) is 18.2 Å². The van der Waals surface area contributed by atoms with Gasteiger partial charge in [-0.2, -0.15) is 0 Å². The lowest BCUT2D eigenvalue weighted by atomic mass is 9.96. The number of esters is 2. The molecule has 0 spiro atoms. The van der Waals surface area contributed by atoms with Crippen molar-refractivity contribution in [3.63, 3.8) is 0 Å². The molecule has 3 aromatic rings. The van der Waals surface area contributed by atoms with Crippen LogP contribution in [0.2, 0.25) is 0 Å². The van der Waals surface area contributed by atoms with Crippen molar-refractivity contribution in [2.45, 2.75) is 45.8 Å². The minimum Gasteiger partial charge on any atom is -0.465 e. The van der Waals surface area contributed by atoms with E-state index in [9.17, 15) is 9.59 Å². The van der Waals surface area contributed by atoms with Crippen molar-refractivity contribution in [1.29, 1.82) is 0 Å². The van der Waals surface area contributed by atoms with Gasteiger partial charge >= 0.3 is 11.9 Å². The number of fused-ring (bicyclic) bond motifs is 1. The van der Waals surface area contributed by atoms with Crippen LogP contribution in [-0.2, 0) is 22.4 Å². The van der Waals surface area contributed by atoms with Crippen LogP contribution in [0, 0.1) is 0 Å². The molecule has 1 atom stereocenters. The molecule has 35 heavy (non-hydrogen) atoms. The molecule has 6 heteroatoms. The summed E-state index contributed by atoms with van der Waals surface area (Å²) in [6, 6.07) is 19.7. The molecule has 0 bridgehead atoms. The molecular weight excluding hydrogens is 457 g/mol. The molecule has 0 aliphatic carbocycles. The van der Waals surface area contributed by atoms with Crippen LogP contribution in [0.15, 0.2) is 60.7 Å². The monoisotopic (exact) mass is 489 g/mol. The summed E-state index contributed by atoms with van der Waals surface area (Å²) in [7, 11) is 4.23. The standard InChI is InChI=1S/C29H32NO4P/c1-29(2,3)34-28(32)24-10-6-5-9-23(24)19-12-14-26(35)22(16-19)18-30-15-7-8-20-17-21(27(31)33-4)11-13-25(20)30/h5-6,9-14,16-17H,7-8,15,18,35H2,1-4H3. The van der Waals surface area contributed by atoms with Crippen LogP contribution in [-0.4, -0.2) is 31.2 Å². The van der Waals surface area contributed by atoms with E-state index in [4.69, 9.17) is 9.47 Å². The topological polar surface area (TPSA) is 55.8 Å². The zero-order valence-electron chi connectivity index (χ0n) is 20.8. The number of ether oxygens (including phenoxy) is 2. The molecule has 1 aliphatic heterocycles. The molecule has 0 radical (unpaired) electrons. The quantitative estimate of drug-likeness (QED) is 0.348. The summed E-state index contributed by atoms with van der Waals surface area (Å²) in [6.07, 6.45) is 1.96. The average Bonchev–Trinajstić information content (AvgIpc) is 2.83. The third-order valence-electron chi connectivity index (χ3n) is 6.08. The lowest BCUT2D eigenvalue weighted by Crippen LogP contribution is -2.30. The van der Waals surface area contributed by atoms with Crippen molar-refractivity contribution in [3.8, 4) is 11.1 Å². The second-order valence-electron chi connectivity index (χ2n) is 9.82. The summed E-state index contributed by atoms with van der Waals surface area (Å²) in [4.78, 5) is 27.2. The van der Waals surface area contributed by atoms with Gasteiger partial charge in [0.15, 0.2) is 0 Å². The van der Waals surface area contributed by atoms with Gasteiger partial charge in [-0.3, -0.25) is 0 Å². The summed E-state index contributed by atoms with van der Waals surface area (Å²) in [5.41, 5.74) is 5.89. The minimum absolute atomic E-state index is 0.312. The van der Waals surface area contributed by atoms with Gasteiger partial charge in [0.25, 0.3) is 0 Å². The van der Waals surface area contributed by atoms with Gasteiger partial charge in [0.2, 0.25) is 0 Å². The highest BCUT2D eigenvalue weighted by Crippen LogP contribution is 2.31. The number of methoxy groups -OCH3 is 1. The van der Waals surface area contributed by atoms with E-state index in [-0.39, 0.29) is 11.9 Å². The zero-order chi connectivity index (χ0) is 25.2. The first kappa shape index (κ1) is 24.9. The Labute approximate surface area is 209 Å². The molecule has 182 valence electrons. The van der Waals surface area contributed by atoms with E-state index in [0.717, 1.165) is 59.2 Å². The number of nitrogens with zero attached hydrogens (tertiary/aromatic N) is 1. The first-order valence-corrected chi connectivity index (χ1v) is 12.4. The van der Waals surface area contributed by atoms with Crippen molar-refractivity contribution in [3.05, 3.63) is 82.9 Å². The van der Waals surface area contributed by atoms with Gasteiger partial charge in [0, 0.05) is 18.8 Å². The molecular formula is C29H32NO4P. The predicted octanol–water partition coefficient (Wildman–Crippen LogP) is 5.55. The highest BCUT2D eigenvalue weighted by Gasteiger charge is 2.22. The summed E-state index contributed by atoms with van der Waals surface area (Å²) < 4.78 is 10.5. The molecule has 0 N–H and O–H groups in total. The Bertz CT molecular complexity index is 1260. The van der Waals surface area contributed by atoms with Crippen LogP contribution in [0.4, 0.5) is 5.69 Å². The molecule has 1 heterocycles. The fraction of sp³-hybridized carbons (Fsp3) is 0.310. The second-order valence-corrected chi connectivity index (χ2v) is 10.4. The van der Waals surface area contributed by atoms with Gasteiger partial charge in [-0.15, -0.1) is 9.24 Å². The summed E-state index contributed by atoms with van der Waals surface area (Å²) in [5, 5.41) is 1.11. The average molecular weight is 490 g/mol. The highest BCUT2D eigenvalue weighted by molar-refractivity contribution is 7.27. The van der Waals surface area contributed by atoms with Crippen molar-refractivity contribution in [1.82, 2.24) is 0 Å². The predicted molar refractivity (Wildman–Crippen MR) is 144 cm³/mol. The van der Waals surface area contributed by atoms with E-state index in [1.807, 2.05) is 69.3 Å². The minimum atomic E-state index is -0.561. The van der Waals surface area contributed by atoms with Crippen LogP contribution in [0.25, 0.3) is 11.1 Å². The first-order chi connectivity index (χ1) is 16.7. The van der Waals surface area contributed by atoms with Crippen LogP contribution in [0.1, 0.15) is 59.0 Å². The number of carbonyl (C=O) groups is 2. The van der Waals surface area contributed by atoms with Crippen molar-refractivity contribution in [2.75, 3.05) is 18.6 Å². The SMILES string of the molecule is COC(=O)c1ccc2c(c1)CCCN2Cc1cc(-c2ccccc2C(=O)OC(C)(C)C)ccc1P. The Morgan fingerprint density at radius 3 is 2.51 bits per heavy atom. The number of hydrogen-bond donors (Lipinski definition) is 0. The number of benzene rings is 3. The third-order valence-corrected chi connectivity index (χ3v) is 6.64. The maximum atomic E-state index is 12.9. The van der Waals surface area contributed by atoms with E-state index in [2.05, 4.69) is 26.3 Å². The number of aryl methyl sites for hydroxylation is 1. The smallest absolute Gasteiger partial charge is 0.339 e. The summed E-state index contributed by atoms with van der Waals surface area (Å²) in [6.45, 7) is 7.29. The normalized spacial score (nSPS) is 13.2. The fourth-order valence-electron chi connectivity index (χ4n) is 4.45. The Hall–Kier alpha value is -3.17. The Balaban J connectivity index is 1.65. The van der Waals surface area contributed by atoms with Crippen molar-refractivity contribution in [2.24, 2.45) is 0 Å². The number of carbonyl (C=O) groups excluding carboxylic acids is 2. The van der Waals surface area contributed by atoms with Gasteiger partial charge in [-0.1, -0.05) is 30.3 Å². The number of rotatable bonds is 5. The van der Waals surface area contributed by atoms with Gasteiger partial charge < -0.3 is 14.4 Å². The molecule has 4 rings (SSSR count). The number of hydrogen-bond acceptors (Lipinski definition) is 5. The lowest BCUT2D eigenvalue weighted by Gasteiger charge is -2.32. The lowest BCUT2D eigenvalue weighted by molar-refractivity contribution is 0.00702. The molecule has 0 aromatic heterocycles. The maximum Gasteiger partial charge on any atom is 0.339 e. The molecule has 3 aromatic carbocycles. The zero-order valence-corrected chi connectivity index (χ0v) is 21.9. The Morgan fingerprint density at radius 1 is 1.00 bits per heavy atom. The van der Waals surface area contributed by atoms with E-state index in [0.29, 0.717) is 11.1 Å². The van der Waals surface area contributed by atoms with Crippen molar-refractivity contribution >= 4 is 32.2 Å². The molecule has 1 unspecified atom stereocenters. The van der Waals surface area contributed by atoms with Crippen LogP contribution >= 0.6 is 9.24 Å². The van der Waals surface area contributed by atoms with Crippen LogP contribution in [0.3, 0.4) is 0 Å². The van der Waals surface area contributed by atoms with Crippen LogP contribution < -0.4 is 10.2 Å². The third kappa shape index (κ3) is 5.74. The molecule has 5 nitrogen and oxygen atoms in total. The van der Waals surface area contributed by atoms with E-state index in [1.165, 1.54) is 7.11 Å². The molecule has 1 aliphatic rings. The van der Waals surface area contributed by atoms with Gasteiger partial charge in [-0.25, -0.2) is 9.59 Å². The molecule has 0 saturated heterocycles. The van der Waals surface area contributed by atoms with E-state index >= 15 is 0 Å². The van der Waals surface area contributed by atoms with Gasteiger partial charge in [-0.05, 0) is 91.5 Å². The first-order valence-electron chi connectivity index (χ1n) is 11.8. The molecule has 0 amide bonds. The fourth-order valence-corrected chi connectivity index (χ4v) is 4.72. The molecule has 0 saturated carbocycles. The number of anilines is 1. The van der Waals surface area contributed by atoms with Crippen molar-refractivity contribution < 1.29 is 19.1 Å².